The second kappa shape index (κ2) is 6.16. The number of primary amides is 1. The van der Waals surface area contributed by atoms with Crippen LogP contribution >= 0.6 is 0 Å². The lowest BCUT2D eigenvalue weighted by Crippen LogP contribution is -2.57. The number of rotatable bonds is 5. The third-order valence-electron chi connectivity index (χ3n) is 4.47. The summed E-state index contributed by atoms with van der Waals surface area (Å²) in [5.74, 6) is 0.766. The molecule has 0 aliphatic heterocycles. The number of hydrogen-bond acceptors (Lipinski definition) is 3. The Morgan fingerprint density at radius 1 is 1.45 bits per heavy atom. The van der Waals surface area contributed by atoms with Crippen LogP contribution in [0.2, 0.25) is 0 Å². The van der Waals surface area contributed by atoms with E-state index in [2.05, 4.69) is 12.2 Å². The normalized spacial score (nSPS) is 26.0. The number of hydrogen-bond donors (Lipinski definition) is 2. The fourth-order valence-electron chi connectivity index (χ4n) is 3.34. The van der Waals surface area contributed by atoms with Gasteiger partial charge in [0, 0.05) is 0 Å². The minimum Gasteiger partial charge on any atom is -0.495 e. The molecule has 4 nitrogen and oxygen atoms in total. The largest absolute Gasteiger partial charge is 0.495 e. The summed E-state index contributed by atoms with van der Waals surface area (Å²) in [6.07, 6.45) is 4.98. The number of carbonyl (C=O) groups is 1. The Hall–Kier alpha value is -1.71. The Bertz CT molecular complexity index is 475. The molecule has 0 heterocycles. The first kappa shape index (κ1) is 14.7. The molecule has 2 unspecified atom stereocenters. The highest BCUT2D eigenvalue weighted by molar-refractivity contribution is 5.89. The molecule has 1 fully saturated rings. The average molecular weight is 276 g/mol. The Morgan fingerprint density at radius 2 is 2.20 bits per heavy atom. The first-order valence-electron chi connectivity index (χ1n) is 7.35. The van der Waals surface area contributed by atoms with Crippen LogP contribution in [0.1, 0.15) is 39.0 Å². The first-order valence-corrected chi connectivity index (χ1v) is 7.35. The summed E-state index contributed by atoms with van der Waals surface area (Å²) in [4.78, 5) is 12.2. The summed E-state index contributed by atoms with van der Waals surface area (Å²) in [6, 6.07) is 7.67. The van der Waals surface area contributed by atoms with Gasteiger partial charge in [-0.2, -0.15) is 0 Å². The number of para-hydroxylation sites is 2. The van der Waals surface area contributed by atoms with Gasteiger partial charge in [-0.25, -0.2) is 0 Å². The lowest BCUT2D eigenvalue weighted by atomic mass is 9.70. The van der Waals surface area contributed by atoms with Crippen molar-refractivity contribution in [3.8, 4) is 5.75 Å². The lowest BCUT2D eigenvalue weighted by Gasteiger charge is -2.43. The van der Waals surface area contributed by atoms with Crippen molar-refractivity contribution in [1.82, 2.24) is 0 Å². The maximum Gasteiger partial charge on any atom is 0.243 e. The van der Waals surface area contributed by atoms with E-state index < -0.39 is 5.54 Å². The number of benzene rings is 1. The molecule has 0 bridgehead atoms. The van der Waals surface area contributed by atoms with Crippen molar-refractivity contribution in [3.05, 3.63) is 24.3 Å². The van der Waals surface area contributed by atoms with Crippen molar-refractivity contribution in [2.75, 3.05) is 12.4 Å². The summed E-state index contributed by atoms with van der Waals surface area (Å²) >= 11 is 0. The zero-order valence-corrected chi connectivity index (χ0v) is 12.3. The predicted octanol–water partition coefficient (Wildman–Crippen LogP) is 2.93. The molecule has 2 atom stereocenters. The van der Waals surface area contributed by atoms with Crippen molar-refractivity contribution in [2.24, 2.45) is 11.7 Å². The summed E-state index contributed by atoms with van der Waals surface area (Å²) in [5, 5.41) is 3.41. The van der Waals surface area contributed by atoms with Gasteiger partial charge in [0.15, 0.2) is 0 Å². The highest BCUT2D eigenvalue weighted by atomic mass is 16.5. The van der Waals surface area contributed by atoms with Crippen molar-refractivity contribution < 1.29 is 9.53 Å². The highest BCUT2D eigenvalue weighted by Crippen LogP contribution is 2.40. The van der Waals surface area contributed by atoms with Gasteiger partial charge in [-0.3, -0.25) is 4.79 Å². The molecule has 1 aromatic carbocycles. The van der Waals surface area contributed by atoms with Crippen molar-refractivity contribution in [2.45, 2.75) is 44.6 Å². The quantitative estimate of drug-likeness (QED) is 0.869. The maximum absolute atomic E-state index is 12.2. The zero-order chi connectivity index (χ0) is 14.6. The van der Waals surface area contributed by atoms with E-state index in [0.29, 0.717) is 0 Å². The second-order valence-corrected chi connectivity index (χ2v) is 5.51. The van der Waals surface area contributed by atoms with E-state index in [4.69, 9.17) is 10.5 Å². The monoisotopic (exact) mass is 276 g/mol. The van der Waals surface area contributed by atoms with Gasteiger partial charge >= 0.3 is 0 Å². The third-order valence-corrected chi connectivity index (χ3v) is 4.47. The molecule has 1 aromatic rings. The van der Waals surface area contributed by atoms with Crippen molar-refractivity contribution >= 4 is 11.6 Å². The first-order chi connectivity index (χ1) is 9.64. The van der Waals surface area contributed by atoms with Crippen LogP contribution in [-0.4, -0.2) is 18.6 Å². The van der Waals surface area contributed by atoms with Crippen molar-refractivity contribution in [1.29, 1.82) is 0 Å². The highest BCUT2D eigenvalue weighted by Gasteiger charge is 2.45. The van der Waals surface area contributed by atoms with E-state index in [9.17, 15) is 4.79 Å². The van der Waals surface area contributed by atoms with Gasteiger partial charge in [0.05, 0.1) is 12.8 Å². The van der Waals surface area contributed by atoms with Gasteiger partial charge < -0.3 is 15.8 Å². The van der Waals surface area contributed by atoms with Crippen molar-refractivity contribution in [3.63, 3.8) is 0 Å². The number of anilines is 1. The molecular formula is C16H24N2O2. The molecule has 4 heteroatoms. The summed E-state index contributed by atoms with van der Waals surface area (Å²) in [6.45, 7) is 2.12. The van der Waals surface area contributed by atoms with E-state index in [-0.39, 0.29) is 11.8 Å². The summed E-state index contributed by atoms with van der Waals surface area (Å²) in [5.41, 5.74) is 5.96. The van der Waals surface area contributed by atoms with Crippen LogP contribution in [0, 0.1) is 5.92 Å². The molecule has 1 saturated carbocycles. The number of ether oxygens (including phenoxy) is 1. The maximum atomic E-state index is 12.2. The lowest BCUT2D eigenvalue weighted by molar-refractivity contribution is -0.125. The molecule has 0 spiro atoms. The smallest absolute Gasteiger partial charge is 0.243 e. The molecule has 1 amide bonds. The Labute approximate surface area is 120 Å². The number of nitrogens with two attached hydrogens (primary N) is 1. The standard InChI is InChI=1S/C16H24N2O2/c1-3-12-8-6-7-11-16(12,15(17)19)18-13-9-4-5-10-14(13)20-2/h4-5,9-10,12,18H,3,6-8,11H2,1-2H3,(H2,17,19). The van der Waals surface area contributed by atoms with E-state index in [1.54, 1.807) is 7.11 Å². The molecule has 1 aliphatic rings. The van der Waals surface area contributed by atoms with Crippen LogP contribution < -0.4 is 15.8 Å². The topological polar surface area (TPSA) is 64.3 Å². The van der Waals surface area contributed by atoms with Crippen LogP contribution in [0.5, 0.6) is 5.75 Å². The number of nitrogens with one attached hydrogen (secondary N) is 1. The number of carbonyl (C=O) groups excluding carboxylic acids is 1. The Balaban J connectivity index is 2.35. The minimum absolute atomic E-state index is 0.255. The summed E-state index contributed by atoms with van der Waals surface area (Å²) in [7, 11) is 1.63. The van der Waals surface area contributed by atoms with Gasteiger partial charge in [0.2, 0.25) is 5.91 Å². The Kier molecular flexibility index (Phi) is 4.53. The fraction of sp³-hybridized carbons (Fsp3) is 0.562. The predicted molar refractivity (Wildman–Crippen MR) is 80.8 cm³/mol. The molecule has 20 heavy (non-hydrogen) atoms. The molecule has 0 radical (unpaired) electrons. The SMILES string of the molecule is CCC1CCCCC1(Nc1ccccc1OC)C(N)=O. The number of methoxy groups -OCH3 is 1. The molecule has 1 aliphatic carbocycles. The van der Waals surface area contributed by atoms with Gasteiger partial charge in [0.25, 0.3) is 0 Å². The van der Waals surface area contributed by atoms with Gasteiger partial charge in [-0.15, -0.1) is 0 Å². The minimum atomic E-state index is -0.651. The second-order valence-electron chi connectivity index (χ2n) is 5.51. The van der Waals surface area contributed by atoms with Crippen LogP contribution in [0.3, 0.4) is 0 Å². The number of amides is 1. The zero-order valence-electron chi connectivity index (χ0n) is 12.3. The van der Waals surface area contributed by atoms with E-state index in [0.717, 1.165) is 37.1 Å². The summed E-state index contributed by atoms with van der Waals surface area (Å²) < 4.78 is 5.37. The Morgan fingerprint density at radius 3 is 2.85 bits per heavy atom. The molecule has 2 rings (SSSR count). The van der Waals surface area contributed by atoms with Gasteiger partial charge in [-0.1, -0.05) is 38.3 Å². The van der Waals surface area contributed by atoms with Crippen LogP contribution in [0.15, 0.2) is 24.3 Å². The molecule has 110 valence electrons. The third kappa shape index (κ3) is 2.60. The molecular weight excluding hydrogens is 252 g/mol. The van der Waals surface area contributed by atoms with Crippen LogP contribution in [-0.2, 0) is 4.79 Å². The molecule has 3 N–H and O–H groups in total. The van der Waals surface area contributed by atoms with Crippen LogP contribution in [0.25, 0.3) is 0 Å². The van der Waals surface area contributed by atoms with Crippen LogP contribution in [0.4, 0.5) is 5.69 Å². The van der Waals surface area contributed by atoms with E-state index in [1.165, 1.54) is 6.42 Å². The van der Waals surface area contributed by atoms with E-state index in [1.807, 2.05) is 24.3 Å². The fourth-order valence-corrected chi connectivity index (χ4v) is 3.34. The molecule has 0 saturated heterocycles. The van der Waals surface area contributed by atoms with Gasteiger partial charge in [0.1, 0.15) is 11.3 Å². The molecule has 0 aromatic heterocycles. The average Bonchev–Trinajstić information content (AvgIpc) is 2.48. The van der Waals surface area contributed by atoms with Gasteiger partial charge in [-0.05, 0) is 30.9 Å². The van der Waals surface area contributed by atoms with E-state index >= 15 is 0 Å².